The number of hydrogen-bond acceptors (Lipinski definition) is 2. The maximum atomic E-state index is 10.6. The summed E-state index contributed by atoms with van der Waals surface area (Å²) in [6.45, 7) is 1.81. The fraction of sp³-hybridized carbons (Fsp3) is 0.667. The van der Waals surface area contributed by atoms with E-state index in [1.54, 1.807) is 6.92 Å². The van der Waals surface area contributed by atoms with Crippen molar-refractivity contribution in [2.75, 3.05) is 6.54 Å². The molecule has 4 heteroatoms. The van der Waals surface area contributed by atoms with E-state index in [9.17, 15) is 9.59 Å². The van der Waals surface area contributed by atoms with Gasteiger partial charge in [0.1, 0.15) is 0 Å². The summed E-state index contributed by atoms with van der Waals surface area (Å²) in [6, 6.07) is 0. The molecule has 1 rings (SSSR count). The van der Waals surface area contributed by atoms with Crippen molar-refractivity contribution >= 4 is 11.9 Å². The molecular formula is C6H9NO3. The summed E-state index contributed by atoms with van der Waals surface area (Å²) in [5, 5.41) is 11.1. The molecule has 1 saturated heterocycles. The quantitative estimate of drug-likeness (QED) is 0.524. The van der Waals surface area contributed by atoms with Crippen LogP contribution in [0.4, 0.5) is 0 Å². The zero-order chi connectivity index (χ0) is 7.78. The van der Waals surface area contributed by atoms with Gasteiger partial charge in [-0.1, -0.05) is 0 Å². The molecule has 1 fully saturated rings. The van der Waals surface area contributed by atoms with Crippen LogP contribution in [0.1, 0.15) is 13.3 Å². The first-order valence-electron chi connectivity index (χ1n) is 3.05. The van der Waals surface area contributed by atoms with Gasteiger partial charge >= 0.3 is 5.97 Å². The maximum Gasteiger partial charge on any atom is 0.311 e. The molecule has 0 aromatic rings. The number of hydrogen-bond donors (Lipinski definition) is 2. The normalized spacial score (nSPS) is 31.9. The van der Waals surface area contributed by atoms with Crippen molar-refractivity contribution in [3.8, 4) is 0 Å². The van der Waals surface area contributed by atoms with Crippen molar-refractivity contribution in [3.05, 3.63) is 0 Å². The zero-order valence-electron chi connectivity index (χ0n) is 5.68. The lowest BCUT2D eigenvalue weighted by Gasteiger charge is -2.13. The van der Waals surface area contributed by atoms with Crippen molar-refractivity contribution in [2.45, 2.75) is 13.3 Å². The Bertz CT molecular complexity index is 189. The fourth-order valence-corrected chi connectivity index (χ4v) is 0.924. The maximum absolute atomic E-state index is 10.6. The van der Waals surface area contributed by atoms with E-state index in [0.717, 1.165) is 0 Å². The van der Waals surface area contributed by atoms with E-state index in [1.165, 1.54) is 0 Å². The second kappa shape index (κ2) is 1.97. The Morgan fingerprint density at radius 2 is 2.40 bits per heavy atom. The molecule has 0 aromatic carbocycles. The summed E-state index contributed by atoms with van der Waals surface area (Å²) in [5.74, 6) is -1.09. The minimum absolute atomic E-state index is 0.0995. The van der Waals surface area contributed by atoms with Crippen LogP contribution in [0.5, 0.6) is 0 Å². The monoisotopic (exact) mass is 143 g/mol. The molecule has 0 unspecified atom stereocenters. The number of nitrogens with one attached hydrogen (secondary N) is 1. The van der Waals surface area contributed by atoms with Crippen LogP contribution < -0.4 is 5.32 Å². The lowest BCUT2D eigenvalue weighted by atomic mass is 9.90. The lowest BCUT2D eigenvalue weighted by molar-refractivity contribution is -0.147. The lowest BCUT2D eigenvalue weighted by Crippen LogP contribution is -2.29. The SMILES string of the molecule is C[C@]1(C(=O)O)CNC(=O)C1. The first kappa shape index (κ1) is 7.05. The van der Waals surface area contributed by atoms with Gasteiger partial charge in [-0.25, -0.2) is 0 Å². The number of carboxylic acid groups (broad SMARTS) is 1. The predicted octanol–water partition coefficient (Wildman–Crippen LogP) is -0.403. The summed E-state index contributed by atoms with van der Waals surface area (Å²) >= 11 is 0. The van der Waals surface area contributed by atoms with Gasteiger partial charge in [-0.2, -0.15) is 0 Å². The van der Waals surface area contributed by atoms with Crippen LogP contribution in [-0.2, 0) is 9.59 Å². The number of carbonyl (C=O) groups excluding carboxylic acids is 1. The fourth-order valence-electron chi connectivity index (χ4n) is 0.924. The highest BCUT2D eigenvalue weighted by molar-refractivity contribution is 5.88. The summed E-state index contributed by atoms with van der Waals surface area (Å²) in [7, 11) is 0. The summed E-state index contributed by atoms with van der Waals surface area (Å²) in [5.41, 5.74) is -0.878. The highest BCUT2D eigenvalue weighted by Gasteiger charge is 2.40. The van der Waals surface area contributed by atoms with Gasteiger partial charge in [0.15, 0.2) is 0 Å². The Labute approximate surface area is 58.2 Å². The average Bonchev–Trinajstić information content (AvgIpc) is 2.13. The summed E-state index contributed by atoms with van der Waals surface area (Å²) < 4.78 is 0. The Kier molecular flexibility index (Phi) is 1.39. The van der Waals surface area contributed by atoms with Gasteiger partial charge in [-0.3, -0.25) is 9.59 Å². The molecule has 1 aliphatic rings. The van der Waals surface area contributed by atoms with Gasteiger partial charge in [0.25, 0.3) is 0 Å². The first-order valence-corrected chi connectivity index (χ1v) is 3.05. The first-order chi connectivity index (χ1) is 4.54. The van der Waals surface area contributed by atoms with Gasteiger partial charge in [-0.05, 0) is 6.92 Å². The van der Waals surface area contributed by atoms with Crippen molar-refractivity contribution in [2.24, 2.45) is 5.41 Å². The number of carbonyl (C=O) groups is 2. The van der Waals surface area contributed by atoms with Crippen molar-refractivity contribution in [1.29, 1.82) is 0 Å². The van der Waals surface area contributed by atoms with Gasteiger partial charge in [-0.15, -0.1) is 0 Å². The summed E-state index contributed by atoms with van der Waals surface area (Å²) in [6.07, 6.45) is 0.0995. The van der Waals surface area contributed by atoms with Gasteiger partial charge in [0, 0.05) is 13.0 Å². The third-order valence-electron chi connectivity index (χ3n) is 1.74. The van der Waals surface area contributed by atoms with E-state index in [4.69, 9.17) is 5.11 Å². The minimum atomic E-state index is -0.911. The molecule has 1 atom stereocenters. The second-order valence-electron chi connectivity index (χ2n) is 2.82. The van der Waals surface area contributed by atoms with Gasteiger partial charge < -0.3 is 10.4 Å². The number of carboxylic acids is 1. The molecule has 56 valence electrons. The molecule has 1 aliphatic heterocycles. The van der Waals surface area contributed by atoms with Gasteiger partial charge in [0.2, 0.25) is 5.91 Å². The Morgan fingerprint density at radius 3 is 2.60 bits per heavy atom. The van der Waals surface area contributed by atoms with Crippen molar-refractivity contribution < 1.29 is 14.7 Å². The van der Waals surface area contributed by atoms with Gasteiger partial charge in [0.05, 0.1) is 5.41 Å². The molecule has 0 radical (unpaired) electrons. The smallest absolute Gasteiger partial charge is 0.311 e. The van der Waals surface area contributed by atoms with Crippen LogP contribution in [0.2, 0.25) is 0 Å². The molecule has 0 spiro atoms. The largest absolute Gasteiger partial charge is 0.481 e. The van der Waals surface area contributed by atoms with Crippen LogP contribution in [0.25, 0.3) is 0 Å². The Balaban J connectivity index is 2.72. The number of aliphatic carboxylic acids is 1. The third-order valence-corrected chi connectivity index (χ3v) is 1.74. The van der Waals surface area contributed by atoms with Crippen LogP contribution in [-0.4, -0.2) is 23.5 Å². The molecule has 0 saturated carbocycles. The van der Waals surface area contributed by atoms with Crippen LogP contribution in [0.3, 0.4) is 0 Å². The Morgan fingerprint density at radius 1 is 1.80 bits per heavy atom. The van der Waals surface area contributed by atoms with E-state index in [2.05, 4.69) is 5.32 Å². The van der Waals surface area contributed by atoms with Crippen molar-refractivity contribution in [3.63, 3.8) is 0 Å². The molecule has 0 aliphatic carbocycles. The molecule has 10 heavy (non-hydrogen) atoms. The number of amides is 1. The third kappa shape index (κ3) is 0.964. The van der Waals surface area contributed by atoms with E-state index in [0.29, 0.717) is 0 Å². The molecule has 4 nitrogen and oxygen atoms in total. The number of rotatable bonds is 1. The second-order valence-corrected chi connectivity index (χ2v) is 2.82. The van der Waals surface area contributed by atoms with E-state index in [-0.39, 0.29) is 18.9 Å². The topological polar surface area (TPSA) is 66.4 Å². The Hall–Kier alpha value is -1.06. The molecule has 0 bridgehead atoms. The highest BCUT2D eigenvalue weighted by Crippen LogP contribution is 2.24. The van der Waals surface area contributed by atoms with E-state index < -0.39 is 11.4 Å². The molecule has 1 amide bonds. The minimum Gasteiger partial charge on any atom is -0.481 e. The van der Waals surface area contributed by atoms with Crippen LogP contribution >= 0.6 is 0 Å². The molecule has 0 aromatic heterocycles. The molecular weight excluding hydrogens is 134 g/mol. The van der Waals surface area contributed by atoms with Crippen LogP contribution in [0, 0.1) is 5.41 Å². The predicted molar refractivity (Wildman–Crippen MR) is 33.4 cm³/mol. The zero-order valence-corrected chi connectivity index (χ0v) is 5.68. The van der Waals surface area contributed by atoms with E-state index >= 15 is 0 Å². The van der Waals surface area contributed by atoms with Crippen LogP contribution in [0.15, 0.2) is 0 Å². The van der Waals surface area contributed by atoms with Crippen molar-refractivity contribution in [1.82, 2.24) is 5.32 Å². The highest BCUT2D eigenvalue weighted by atomic mass is 16.4. The average molecular weight is 143 g/mol. The molecule has 1 heterocycles. The summed E-state index contributed by atoms with van der Waals surface area (Å²) in [4.78, 5) is 21.1. The standard InChI is InChI=1S/C6H9NO3/c1-6(5(9)10)2-4(8)7-3-6/h2-3H2,1H3,(H,7,8)(H,9,10)/t6-/m1/s1. The molecule has 2 N–H and O–H groups in total. The van der Waals surface area contributed by atoms with E-state index in [1.807, 2.05) is 0 Å².